The predicted molar refractivity (Wildman–Crippen MR) is 58.8 cm³/mol. The molecule has 0 saturated heterocycles. The largest absolute Gasteiger partial charge is 0.479 e. The van der Waals surface area contributed by atoms with E-state index in [1.807, 2.05) is 6.92 Å². The minimum atomic E-state index is -2.21. The number of hydrogen-bond donors (Lipinski definition) is 3. The summed E-state index contributed by atoms with van der Waals surface area (Å²) in [6, 6.07) is 0. The number of unbranched alkanes of at least 4 members (excludes halogenated alkanes) is 1. The Labute approximate surface area is 99.1 Å². The number of carboxylic acids is 1. The van der Waals surface area contributed by atoms with Crippen LogP contribution in [0.3, 0.4) is 0 Å². The lowest BCUT2D eigenvalue weighted by Crippen LogP contribution is -2.56. The van der Waals surface area contributed by atoms with Gasteiger partial charge in [0.25, 0.3) is 0 Å². The van der Waals surface area contributed by atoms with E-state index in [0.29, 0.717) is 6.42 Å². The Morgan fingerprint density at radius 2 is 1.94 bits per heavy atom. The summed E-state index contributed by atoms with van der Waals surface area (Å²) in [5, 5.41) is 8.89. The van der Waals surface area contributed by atoms with Gasteiger partial charge in [-0.15, -0.1) is 0 Å². The summed E-state index contributed by atoms with van der Waals surface area (Å²) in [7, 11) is 0. The monoisotopic (exact) mass is 246 g/mol. The van der Waals surface area contributed by atoms with E-state index in [0.717, 1.165) is 6.42 Å². The molecule has 0 aromatic heterocycles. The van der Waals surface area contributed by atoms with Gasteiger partial charge in [0.05, 0.1) is 6.61 Å². The topological polar surface area (TPSA) is 133 Å². The lowest BCUT2D eigenvalue weighted by Gasteiger charge is -2.21. The number of carboxylic acid groups (broad SMARTS) is 1. The molecule has 98 valence electrons. The van der Waals surface area contributed by atoms with E-state index in [4.69, 9.17) is 21.3 Å². The van der Waals surface area contributed by atoms with Crippen molar-refractivity contribution >= 4 is 17.8 Å². The number of esters is 1. The zero-order valence-corrected chi connectivity index (χ0v) is 9.77. The van der Waals surface area contributed by atoms with E-state index in [1.165, 1.54) is 0 Å². The number of carbonyl (C=O) groups excluding carboxylic acids is 2. The zero-order valence-electron chi connectivity index (χ0n) is 9.77. The molecule has 0 saturated carbocycles. The highest BCUT2D eigenvalue weighted by molar-refractivity contribution is 6.04. The number of amides is 1. The molecular formula is C10H18N2O5. The van der Waals surface area contributed by atoms with Crippen molar-refractivity contribution in [3.63, 3.8) is 0 Å². The molecule has 0 aromatic carbocycles. The molecule has 0 unspecified atom stereocenters. The average Bonchev–Trinajstić information content (AvgIpc) is 2.25. The molecule has 7 nitrogen and oxygen atoms in total. The van der Waals surface area contributed by atoms with Crippen molar-refractivity contribution in [3.05, 3.63) is 0 Å². The van der Waals surface area contributed by atoms with Crippen molar-refractivity contribution in [2.24, 2.45) is 11.5 Å². The van der Waals surface area contributed by atoms with Crippen molar-refractivity contribution in [1.29, 1.82) is 0 Å². The normalized spacial score (nSPS) is 13.8. The molecule has 0 aliphatic carbocycles. The highest BCUT2D eigenvalue weighted by Crippen LogP contribution is 2.13. The summed E-state index contributed by atoms with van der Waals surface area (Å²) in [6.07, 6.45) is 0.769. The third-order valence-corrected chi connectivity index (χ3v) is 2.24. The molecule has 0 aliphatic rings. The summed E-state index contributed by atoms with van der Waals surface area (Å²) in [4.78, 5) is 33.0. The first-order valence-electron chi connectivity index (χ1n) is 5.32. The fraction of sp³-hybridized carbons (Fsp3) is 0.700. The fourth-order valence-corrected chi connectivity index (χ4v) is 1.05. The van der Waals surface area contributed by atoms with Crippen LogP contribution in [0.4, 0.5) is 0 Å². The van der Waals surface area contributed by atoms with Crippen LogP contribution >= 0.6 is 0 Å². The van der Waals surface area contributed by atoms with Crippen LogP contribution in [-0.4, -0.2) is 35.1 Å². The first-order chi connectivity index (χ1) is 7.84. The van der Waals surface area contributed by atoms with Gasteiger partial charge in [0.1, 0.15) is 0 Å². The molecule has 0 bridgehead atoms. The Morgan fingerprint density at radius 3 is 2.35 bits per heavy atom. The standard InChI is InChI=1S/C10H18N2O5/c1-2-3-6-17-9(16)10(12,8(14)15)5-4-7(11)13/h2-6,12H2,1H3,(H2,11,13)(H,14,15)/t10-/m0/s1. The zero-order chi connectivity index (χ0) is 13.5. The average molecular weight is 246 g/mol. The van der Waals surface area contributed by atoms with Gasteiger partial charge in [-0.25, -0.2) is 9.59 Å². The molecule has 0 heterocycles. The van der Waals surface area contributed by atoms with Crippen LogP contribution in [0, 0.1) is 0 Å². The smallest absolute Gasteiger partial charge is 0.337 e. The number of ether oxygens (including phenoxy) is 1. The lowest BCUT2D eigenvalue weighted by molar-refractivity contribution is -0.161. The van der Waals surface area contributed by atoms with Crippen molar-refractivity contribution in [3.8, 4) is 0 Å². The molecule has 7 heteroatoms. The van der Waals surface area contributed by atoms with E-state index in [1.54, 1.807) is 0 Å². The number of nitrogens with two attached hydrogens (primary N) is 2. The molecule has 5 N–H and O–H groups in total. The van der Waals surface area contributed by atoms with Gasteiger partial charge >= 0.3 is 11.9 Å². The van der Waals surface area contributed by atoms with Crippen LogP contribution in [0.15, 0.2) is 0 Å². The first kappa shape index (κ1) is 15.4. The van der Waals surface area contributed by atoms with E-state index in [9.17, 15) is 14.4 Å². The minimum absolute atomic E-state index is 0.109. The van der Waals surface area contributed by atoms with Crippen LogP contribution in [0.1, 0.15) is 32.6 Å². The first-order valence-corrected chi connectivity index (χ1v) is 5.32. The second-order valence-corrected chi connectivity index (χ2v) is 3.73. The molecule has 0 fully saturated rings. The maximum atomic E-state index is 11.5. The highest BCUT2D eigenvalue weighted by Gasteiger charge is 2.43. The van der Waals surface area contributed by atoms with Crippen molar-refractivity contribution in [2.75, 3.05) is 6.61 Å². The van der Waals surface area contributed by atoms with Gasteiger partial charge in [0.2, 0.25) is 11.4 Å². The summed E-state index contributed by atoms with van der Waals surface area (Å²) >= 11 is 0. The van der Waals surface area contributed by atoms with Gasteiger partial charge in [0, 0.05) is 6.42 Å². The summed E-state index contributed by atoms with van der Waals surface area (Å²) in [5.41, 5.74) is 8.11. The summed E-state index contributed by atoms with van der Waals surface area (Å²) in [6.45, 7) is 2.01. The maximum Gasteiger partial charge on any atom is 0.337 e. The van der Waals surface area contributed by atoms with Crippen molar-refractivity contribution in [1.82, 2.24) is 0 Å². The van der Waals surface area contributed by atoms with Crippen LogP contribution in [-0.2, 0) is 19.1 Å². The maximum absolute atomic E-state index is 11.5. The quantitative estimate of drug-likeness (QED) is 0.297. The number of hydrogen-bond acceptors (Lipinski definition) is 5. The van der Waals surface area contributed by atoms with Crippen molar-refractivity contribution in [2.45, 2.75) is 38.1 Å². The molecule has 1 atom stereocenters. The lowest BCUT2D eigenvalue weighted by atomic mass is 9.94. The van der Waals surface area contributed by atoms with Crippen LogP contribution in [0.25, 0.3) is 0 Å². The summed E-state index contributed by atoms with van der Waals surface area (Å²) < 4.78 is 4.74. The molecule has 0 radical (unpaired) electrons. The Hall–Kier alpha value is -1.63. The minimum Gasteiger partial charge on any atom is -0.479 e. The van der Waals surface area contributed by atoms with E-state index in [2.05, 4.69) is 0 Å². The second-order valence-electron chi connectivity index (χ2n) is 3.73. The fourth-order valence-electron chi connectivity index (χ4n) is 1.05. The van der Waals surface area contributed by atoms with Gasteiger partial charge in [-0.2, -0.15) is 0 Å². The highest BCUT2D eigenvalue weighted by atomic mass is 16.5. The Bertz CT molecular complexity index is 305. The van der Waals surface area contributed by atoms with Crippen LogP contribution in [0.2, 0.25) is 0 Å². The molecule has 0 rings (SSSR count). The van der Waals surface area contributed by atoms with Crippen LogP contribution in [0.5, 0.6) is 0 Å². The molecule has 17 heavy (non-hydrogen) atoms. The van der Waals surface area contributed by atoms with Gasteiger partial charge in [-0.1, -0.05) is 13.3 Å². The summed E-state index contributed by atoms with van der Waals surface area (Å²) in [5.74, 6) is -3.29. The Balaban J connectivity index is 4.52. The SMILES string of the molecule is CCCCOC(=O)[C@](N)(CCC(N)=O)C(=O)O. The number of carbonyl (C=O) groups is 3. The van der Waals surface area contributed by atoms with Gasteiger partial charge in [-0.05, 0) is 12.8 Å². The predicted octanol–water partition coefficient (Wildman–Crippen LogP) is -0.623. The second kappa shape index (κ2) is 6.85. The molecule has 1 amide bonds. The van der Waals surface area contributed by atoms with E-state index in [-0.39, 0.29) is 19.4 Å². The molecule has 0 aliphatic heterocycles. The Kier molecular flexibility index (Phi) is 6.19. The molecule has 0 spiro atoms. The Morgan fingerprint density at radius 1 is 1.35 bits per heavy atom. The molecule has 0 aromatic rings. The molecular weight excluding hydrogens is 228 g/mol. The third-order valence-electron chi connectivity index (χ3n) is 2.24. The number of rotatable bonds is 8. The third kappa shape index (κ3) is 4.81. The van der Waals surface area contributed by atoms with E-state index < -0.39 is 23.4 Å². The number of primary amides is 1. The van der Waals surface area contributed by atoms with E-state index >= 15 is 0 Å². The van der Waals surface area contributed by atoms with Crippen molar-refractivity contribution < 1.29 is 24.2 Å². The van der Waals surface area contributed by atoms with Crippen LogP contribution < -0.4 is 11.5 Å². The van der Waals surface area contributed by atoms with Gasteiger partial charge in [0.15, 0.2) is 0 Å². The number of aliphatic carboxylic acids is 1. The van der Waals surface area contributed by atoms with Gasteiger partial charge < -0.3 is 21.3 Å². The van der Waals surface area contributed by atoms with Gasteiger partial charge in [-0.3, -0.25) is 4.79 Å².